The van der Waals surface area contributed by atoms with Crippen molar-refractivity contribution >= 4 is 0 Å². The second kappa shape index (κ2) is 6.05. The number of unbranched alkanes of at least 4 members (excludes halogenated alkanes) is 3. The summed E-state index contributed by atoms with van der Waals surface area (Å²) in [5.41, 5.74) is 0. The molecule has 0 aromatic carbocycles. The molecule has 0 spiro atoms. The van der Waals surface area contributed by atoms with E-state index in [1.54, 1.807) is 0 Å². The Bertz CT molecular complexity index is 192. The minimum absolute atomic E-state index is 1.07. The van der Waals surface area contributed by atoms with Gasteiger partial charge in [0.2, 0.25) is 0 Å². The van der Waals surface area contributed by atoms with Crippen molar-refractivity contribution in [1.29, 1.82) is 0 Å². The molecule has 1 saturated carbocycles. The van der Waals surface area contributed by atoms with Gasteiger partial charge in [-0.15, -0.1) is 0 Å². The fourth-order valence-electron chi connectivity index (χ4n) is 3.82. The Morgan fingerprint density at radius 1 is 0.938 bits per heavy atom. The summed E-state index contributed by atoms with van der Waals surface area (Å²) in [6, 6.07) is 0. The van der Waals surface area contributed by atoms with Gasteiger partial charge in [0.1, 0.15) is 0 Å². The maximum absolute atomic E-state index is 3.53. The smallest absolute Gasteiger partial charge is 0.00143 e. The summed E-state index contributed by atoms with van der Waals surface area (Å²) < 4.78 is 0. The van der Waals surface area contributed by atoms with E-state index in [0.717, 1.165) is 23.7 Å². The summed E-state index contributed by atoms with van der Waals surface area (Å²) >= 11 is 0. The molecule has 94 valence electrons. The van der Waals surface area contributed by atoms with Crippen LogP contribution in [0.25, 0.3) is 0 Å². The van der Waals surface area contributed by atoms with Crippen LogP contribution in [0.1, 0.15) is 58.8 Å². The molecule has 1 aliphatic heterocycles. The number of rotatable bonds is 8. The summed E-state index contributed by atoms with van der Waals surface area (Å²) in [6.45, 7) is 7.30. The first-order valence-electron chi connectivity index (χ1n) is 7.59. The second-order valence-corrected chi connectivity index (χ2v) is 5.96. The highest BCUT2D eigenvalue weighted by Crippen LogP contribution is 2.55. The van der Waals surface area contributed by atoms with E-state index in [0.29, 0.717) is 0 Å². The highest BCUT2D eigenvalue weighted by atomic mass is 15.0. The van der Waals surface area contributed by atoms with Crippen molar-refractivity contribution in [3.05, 3.63) is 0 Å². The summed E-state index contributed by atoms with van der Waals surface area (Å²) in [5.74, 6) is 4.33. The number of hydrogen-bond donors (Lipinski definition) is 1. The van der Waals surface area contributed by atoms with Gasteiger partial charge in [0.05, 0.1) is 0 Å². The molecule has 2 rings (SSSR count). The molecule has 2 fully saturated rings. The highest BCUT2D eigenvalue weighted by molar-refractivity contribution is 5.06. The predicted octanol–water partition coefficient (Wildman–Crippen LogP) is 3.84. The van der Waals surface area contributed by atoms with E-state index >= 15 is 0 Å². The fraction of sp³-hybridized carbons (Fsp3) is 1.00. The molecule has 1 saturated heterocycles. The average Bonchev–Trinajstić information content (AvgIpc) is 2.77. The van der Waals surface area contributed by atoms with Crippen LogP contribution in [-0.4, -0.2) is 13.1 Å². The average molecular weight is 223 g/mol. The minimum atomic E-state index is 1.07. The zero-order valence-electron chi connectivity index (χ0n) is 11.2. The van der Waals surface area contributed by atoms with Crippen molar-refractivity contribution in [3.63, 3.8) is 0 Å². The number of piperidine rings is 1. The lowest BCUT2D eigenvalue weighted by atomic mass is 9.89. The van der Waals surface area contributed by atoms with Crippen LogP contribution in [0, 0.1) is 23.7 Å². The first-order chi connectivity index (χ1) is 7.88. The predicted molar refractivity (Wildman–Crippen MR) is 70.5 cm³/mol. The first kappa shape index (κ1) is 12.4. The Kier molecular flexibility index (Phi) is 4.69. The van der Waals surface area contributed by atoms with Crippen molar-refractivity contribution in [1.82, 2.24) is 5.32 Å². The van der Waals surface area contributed by atoms with Gasteiger partial charge < -0.3 is 5.32 Å². The Morgan fingerprint density at radius 3 is 2.19 bits per heavy atom. The SMILES string of the molecule is CCCCCC(CCCC)C1C2CNCC21. The molecule has 1 heterocycles. The maximum atomic E-state index is 3.53. The lowest BCUT2D eigenvalue weighted by Crippen LogP contribution is -2.19. The molecule has 0 radical (unpaired) electrons. The van der Waals surface area contributed by atoms with Gasteiger partial charge in [0.15, 0.2) is 0 Å². The van der Waals surface area contributed by atoms with Gasteiger partial charge in [-0.2, -0.15) is 0 Å². The third-order valence-corrected chi connectivity index (χ3v) is 4.81. The lowest BCUT2D eigenvalue weighted by molar-refractivity contribution is 0.332. The Balaban J connectivity index is 1.74. The van der Waals surface area contributed by atoms with Crippen LogP contribution in [0.3, 0.4) is 0 Å². The molecule has 0 bridgehead atoms. The summed E-state index contributed by atoms with van der Waals surface area (Å²) in [6.07, 6.45) is 10.2. The molecular weight excluding hydrogens is 194 g/mol. The Hall–Kier alpha value is -0.0400. The van der Waals surface area contributed by atoms with Gasteiger partial charge in [-0.3, -0.25) is 0 Å². The summed E-state index contributed by atoms with van der Waals surface area (Å²) in [7, 11) is 0. The standard InChI is InChI=1S/C15H29N/c1-3-5-7-9-12(8-6-4-2)15-13-10-16-11-14(13)15/h12-16H,3-11H2,1-2H3. The van der Waals surface area contributed by atoms with Gasteiger partial charge in [-0.05, 0) is 36.8 Å². The van der Waals surface area contributed by atoms with Crippen LogP contribution in [0.2, 0.25) is 0 Å². The van der Waals surface area contributed by atoms with E-state index < -0.39 is 0 Å². The quantitative estimate of drug-likeness (QED) is 0.617. The van der Waals surface area contributed by atoms with E-state index in [-0.39, 0.29) is 0 Å². The topological polar surface area (TPSA) is 12.0 Å². The van der Waals surface area contributed by atoms with E-state index in [4.69, 9.17) is 0 Å². The zero-order chi connectivity index (χ0) is 11.4. The molecule has 3 atom stereocenters. The molecule has 1 N–H and O–H groups in total. The van der Waals surface area contributed by atoms with Crippen LogP contribution < -0.4 is 5.32 Å². The zero-order valence-corrected chi connectivity index (χ0v) is 11.2. The minimum Gasteiger partial charge on any atom is -0.316 e. The van der Waals surface area contributed by atoms with Crippen LogP contribution in [0.4, 0.5) is 0 Å². The van der Waals surface area contributed by atoms with Gasteiger partial charge in [-0.1, -0.05) is 58.8 Å². The first-order valence-corrected chi connectivity index (χ1v) is 7.59. The maximum Gasteiger partial charge on any atom is -0.00143 e. The molecule has 16 heavy (non-hydrogen) atoms. The van der Waals surface area contributed by atoms with Crippen molar-refractivity contribution in [3.8, 4) is 0 Å². The molecule has 2 aliphatic rings. The highest BCUT2D eigenvalue weighted by Gasteiger charge is 2.55. The number of fused-ring (bicyclic) bond motifs is 1. The number of nitrogens with one attached hydrogen (secondary N) is 1. The summed E-state index contributed by atoms with van der Waals surface area (Å²) in [5, 5.41) is 3.53. The molecule has 1 nitrogen and oxygen atoms in total. The van der Waals surface area contributed by atoms with Gasteiger partial charge >= 0.3 is 0 Å². The van der Waals surface area contributed by atoms with Crippen LogP contribution in [-0.2, 0) is 0 Å². The molecule has 0 amide bonds. The van der Waals surface area contributed by atoms with Gasteiger partial charge in [0.25, 0.3) is 0 Å². The van der Waals surface area contributed by atoms with Gasteiger partial charge in [-0.25, -0.2) is 0 Å². The molecule has 0 aromatic rings. The third-order valence-electron chi connectivity index (χ3n) is 4.81. The van der Waals surface area contributed by atoms with Crippen molar-refractivity contribution < 1.29 is 0 Å². The van der Waals surface area contributed by atoms with E-state index in [9.17, 15) is 0 Å². The molecular formula is C15H29N. The second-order valence-electron chi connectivity index (χ2n) is 5.96. The van der Waals surface area contributed by atoms with Crippen molar-refractivity contribution in [2.24, 2.45) is 23.7 Å². The van der Waals surface area contributed by atoms with E-state index in [2.05, 4.69) is 19.2 Å². The van der Waals surface area contributed by atoms with Crippen molar-refractivity contribution in [2.45, 2.75) is 58.8 Å². The molecule has 1 heteroatoms. The normalized spacial score (nSPS) is 33.8. The van der Waals surface area contributed by atoms with Crippen LogP contribution in [0.15, 0.2) is 0 Å². The van der Waals surface area contributed by atoms with Gasteiger partial charge in [0, 0.05) is 0 Å². The Labute approximate surface area is 101 Å². The molecule has 0 aromatic heterocycles. The monoisotopic (exact) mass is 223 g/mol. The van der Waals surface area contributed by atoms with E-state index in [1.165, 1.54) is 58.0 Å². The van der Waals surface area contributed by atoms with Crippen LogP contribution >= 0.6 is 0 Å². The van der Waals surface area contributed by atoms with E-state index in [1.807, 2.05) is 0 Å². The largest absolute Gasteiger partial charge is 0.316 e. The molecule has 3 unspecified atom stereocenters. The molecule has 1 aliphatic carbocycles. The Morgan fingerprint density at radius 2 is 1.56 bits per heavy atom. The fourth-order valence-corrected chi connectivity index (χ4v) is 3.82. The number of hydrogen-bond acceptors (Lipinski definition) is 1. The summed E-state index contributed by atoms with van der Waals surface area (Å²) in [4.78, 5) is 0. The van der Waals surface area contributed by atoms with Crippen LogP contribution in [0.5, 0.6) is 0 Å². The lowest BCUT2D eigenvalue weighted by Gasteiger charge is -2.18. The third kappa shape index (κ3) is 2.80. The van der Waals surface area contributed by atoms with Crippen molar-refractivity contribution in [2.75, 3.05) is 13.1 Å².